The topological polar surface area (TPSA) is 17.1 Å². The van der Waals surface area contributed by atoms with E-state index in [9.17, 15) is 4.79 Å². The van der Waals surface area contributed by atoms with E-state index < -0.39 is 0 Å². The molecule has 1 nitrogen and oxygen atoms in total. The van der Waals surface area contributed by atoms with Gasteiger partial charge in [-0.1, -0.05) is 60.7 Å². The van der Waals surface area contributed by atoms with Gasteiger partial charge in [0.2, 0.25) is 0 Å². The van der Waals surface area contributed by atoms with Crippen molar-refractivity contribution in [2.75, 3.05) is 0 Å². The molecule has 0 spiro atoms. The van der Waals surface area contributed by atoms with E-state index in [-0.39, 0.29) is 33.1 Å². The second-order valence-corrected chi connectivity index (χ2v) is 3.06. The third-order valence-electron chi connectivity index (χ3n) is 2.07. The first-order chi connectivity index (χ1) is 6.88. The van der Waals surface area contributed by atoms with Crippen molar-refractivity contribution in [1.29, 1.82) is 0 Å². The average Bonchev–Trinajstić information content (AvgIpc) is 2.30. The summed E-state index contributed by atoms with van der Waals surface area (Å²) in [6.07, 6.45) is 0. The van der Waals surface area contributed by atoms with E-state index >= 15 is 0 Å². The first-order valence-electron chi connectivity index (χ1n) is 4.53. The van der Waals surface area contributed by atoms with Crippen LogP contribution < -0.4 is 0 Å². The normalized spacial score (nSPS) is 9.07. The van der Waals surface area contributed by atoms with Crippen LogP contribution in [0.4, 0.5) is 0 Å². The molecule has 2 radical (unpaired) electrons. The third-order valence-corrected chi connectivity index (χ3v) is 2.07. The molecule has 2 aromatic rings. The predicted molar refractivity (Wildman–Crippen MR) is 64.9 cm³/mol. The van der Waals surface area contributed by atoms with Gasteiger partial charge in [0.05, 0.1) is 0 Å². The van der Waals surface area contributed by atoms with Gasteiger partial charge in [0.15, 0.2) is 5.78 Å². The molecule has 0 fully saturated rings. The molecule has 0 bridgehead atoms. The Labute approximate surface area is 109 Å². The molecule has 0 aliphatic rings. The summed E-state index contributed by atoms with van der Waals surface area (Å²) in [5, 5.41) is 0. The van der Waals surface area contributed by atoms with Crippen molar-refractivity contribution in [1.82, 2.24) is 0 Å². The number of hydrogen-bond donors (Lipinski definition) is 0. The summed E-state index contributed by atoms with van der Waals surface area (Å²) in [6, 6.07) is 18.6. The van der Waals surface area contributed by atoms with E-state index in [0.29, 0.717) is 0 Å². The van der Waals surface area contributed by atoms with Gasteiger partial charge < -0.3 is 0 Å². The van der Waals surface area contributed by atoms with Crippen LogP contribution in [0.5, 0.6) is 0 Å². The van der Waals surface area contributed by atoms with Gasteiger partial charge >= 0.3 is 27.3 Å². The molecule has 0 aromatic heterocycles. The van der Waals surface area contributed by atoms with E-state index in [1.807, 2.05) is 60.7 Å². The van der Waals surface area contributed by atoms with Crippen molar-refractivity contribution >= 4 is 33.1 Å². The maximum absolute atomic E-state index is 11.8. The molecule has 0 aliphatic heterocycles. The minimum atomic E-state index is 0. The Morgan fingerprint density at radius 2 is 1.00 bits per heavy atom. The van der Waals surface area contributed by atoms with Gasteiger partial charge in [-0.2, -0.15) is 0 Å². The van der Waals surface area contributed by atoms with Crippen molar-refractivity contribution in [2.45, 2.75) is 0 Å². The van der Waals surface area contributed by atoms with Gasteiger partial charge in [0.25, 0.3) is 0 Å². The summed E-state index contributed by atoms with van der Waals surface area (Å²) in [4.78, 5) is 11.8. The van der Waals surface area contributed by atoms with Crippen LogP contribution in [-0.4, -0.2) is 33.1 Å². The molecule has 74 valence electrons. The van der Waals surface area contributed by atoms with Crippen LogP contribution in [0.2, 0.25) is 0 Å². The molecule has 0 unspecified atom stereocenters. The van der Waals surface area contributed by atoms with E-state index in [0.717, 1.165) is 11.1 Å². The number of rotatable bonds is 2. The van der Waals surface area contributed by atoms with Crippen LogP contribution >= 0.6 is 0 Å². The summed E-state index contributed by atoms with van der Waals surface area (Å²) in [5.74, 6) is 0.0752. The van der Waals surface area contributed by atoms with Gasteiger partial charge in [0.1, 0.15) is 0 Å². The Balaban J connectivity index is 0.00000112. The monoisotopic (exact) mass is 392 g/mol. The quantitative estimate of drug-likeness (QED) is 0.566. The number of benzene rings is 2. The van der Waals surface area contributed by atoms with Gasteiger partial charge in [-0.05, 0) is 0 Å². The predicted octanol–water partition coefficient (Wildman–Crippen LogP) is 2.00. The van der Waals surface area contributed by atoms with Crippen molar-refractivity contribution in [3.05, 3.63) is 71.8 Å². The van der Waals surface area contributed by atoms with Gasteiger partial charge in [0, 0.05) is 11.1 Å². The Kier molecular flexibility index (Phi) is 4.68. The summed E-state index contributed by atoms with van der Waals surface area (Å²) < 4.78 is 0. The number of carbonyl (C=O) groups is 1. The van der Waals surface area contributed by atoms with E-state index in [4.69, 9.17) is 0 Å². The molecule has 0 N–H and O–H groups in total. The molecule has 0 saturated heterocycles. The van der Waals surface area contributed by atoms with E-state index in [1.54, 1.807) is 0 Å². The molecule has 2 heteroatoms. The Morgan fingerprint density at radius 1 is 0.667 bits per heavy atom. The van der Waals surface area contributed by atoms with Crippen molar-refractivity contribution < 1.29 is 4.79 Å². The minimum absolute atomic E-state index is 0. The Hall–Kier alpha value is -0.968. The first kappa shape index (κ1) is 12.1. The average molecular weight is 391 g/mol. The van der Waals surface area contributed by atoms with Crippen LogP contribution in [0.1, 0.15) is 15.9 Å². The van der Waals surface area contributed by atoms with Crippen LogP contribution in [0, 0.1) is 0 Å². The fourth-order valence-corrected chi connectivity index (χ4v) is 1.35. The number of hydrogen-bond acceptors (Lipinski definition) is 1. The molecule has 0 saturated carbocycles. The zero-order chi connectivity index (χ0) is 9.80. The fourth-order valence-electron chi connectivity index (χ4n) is 1.35. The summed E-state index contributed by atoms with van der Waals surface area (Å²) in [6.45, 7) is 0. The van der Waals surface area contributed by atoms with Crippen LogP contribution in [0.15, 0.2) is 60.7 Å². The van der Waals surface area contributed by atoms with E-state index in [1.165, 1.54) is 0 Å². The molecule has 0 aliphatic carbocycles. The molecular weight excluding hydrogens is 379 g/mol. The maximum atomic E-state index is 11.8. The number of carbonyl (C=O) groups excluding carboxylic acids is 1. The zero-order valence-corrected chi connectivity index (χ0v) is 13.9. The second kappa shape index (κ2) is 5.80. The van der Waals surface area contributed by atoms with Crippen LogP contribution in [0.25, 0.3) is 0 Å². The second-order valence-electron chi connectivity index (χ2n) is 3.06. The van der Waals surface area contributed by atoms with Crippen molar-refractivity contribution in [3.8, 4) is 0 Å². The summed E-state index contributed by atoms with van der Waals surface area (Å²) in [7, 11) is 0. The van der Waals surface area contributed by atoms with Crippen LogP contribution in [-0.2, 0) is 0 Å². The fraction of sp³-hybridized carbons (Fsp3) is 0. The Morgan fingerprint density at radius 3 is 1.33 bits per heavy atom. The first-order valence-corrected chi connectivity index (χ1v) is 4.53. The Bertz CT molecular complexity index is 381. The third kappa shape index (κ3) is 2.99. The van der Waals surface area contributed by atoms with Crippen molar-refractivity contribution in [2.24, 2.45) is 0 Å². The number of ketones is 1. The summed E-state index contributed by atoms with van der Waals surface area (Å²) >= 11 is 0. The van der Waals surface area contributed by atoms with Gasteiger partial charge in [-0.15, -0.1) is 0 Å². The van der Waals surface area contributed by atoms with Crippen LogP contribution in [0.3, 0.4) is 0 Å². The van der Waals surface area contributed by atoms with Gasteiger partial charge in [-0.3, -0.25) is 4.79 Å². The summed E-state index contributed by atoms with van der Waals surface area (Å²) in [5.41, 5.74) is 1.47. The SMILES string of the molecule is O=C(c1ccccc1)c1ccccc1.[PbH2]. The molecule has 2 aromatic carbocycles. The van der Waals surface area contributed by atoms with E-state index in [2.05, 4.69) is 0 Å². The van der Waals surface area contributed by atoms with Gasteiger partial charge in [-0.25, -0.2) is 0 Å². The molecule has 2 rings (SSSR count). The molecule has 0 heterocycles. The van der Waals surface area contributed by atoms with Crippen molar-refractivity contribution in [3.63, 3.8) is 0 Å². The zero-order valence-electron chi connectivity index (χ0n) is 8.39. The molecular formula is C13H12OPb. The molecule has 15 heavy (non-hydrogen) atoms. The molecule has 0 atom stereocenters. The standard InChI is InChI=1S/C13H10O.Pb.2H/c14-13(11-7-3-1-4-8-11)12-9-5-2-6-10-12;;;/h1-10H;;;. The molecule has 0 amide bonds.